The van der Waals surface area contributed by atoms with Crippen molar-refractivity contribution in [1.29, 1.82) is 0 Å². The van der Waals surface area contributed by atoms with Crippen LogP contribution >= 0.6 is 0 Å². The number of rotatable bonds is 1. The SMILES string of the molecule is FC(F)(F)C1CCN(c2[c]cccn2)CC1. The fourth-order valence-electron chi connectivity index (χ4n) is 1.91. The van der Waals surface area contributed by atoms with E-state index in [1.54, 1.807) is 18.3 Å². The van der Waals surface area contributed by atoms with Crippen molar-refractivity contribution in [3.05, 3.63) is 24.4 Å². The summed E-state index contributed by atoms with van der Waals surface area (Å²) >= 11 is 0. The number of anilines is 1. The molecule has 0 aliphatic carbocycles. The molecule has 1 aliphatic heterocycles. The van der Waals surface area contributed by atoms with Crippen molar-refractivity contribution in [1.82, 2.24) is 4.98 Å². The van der Waals surface area contributed by atoms with Crippen LogP contribution < -0.4 is 4.90 Å². The van der Waals surface area contributed by atoms with E-state index in [-0.39, 0.29) is 12.8 Å². The highest BCUT2D eigenvalue weighted by atomic mass is 19.4. The second kappa shape index (κ2) is 4.31. The van der Waals surface area contributed by atoms with Gasteiger partial charge < -0.3 is 4.90 Å². The lowest BCUT2D eigenvalue weighted by Gasteiger charge is -2.33. The summed E-state index contributed by atoms with van der Waals surface area (Å²) in [5, 5.41) is 0. The van der Waals surface area contributed by atoms with Crippen LogP contribution in [0.4, 0.5) is 19.0 Å². The summed E-state index contributed by atoms with van der Waals surface area (Å²) in [4.78, 5) is 5.93. The van der Waals surface area contributed by atoms with Crippen molar-refractivity contribution >= 4 is 5.82 Å². The second-order valence-corrected chi connectivity index (χ2v) is 3.91. The van der Waals surface area contributed by atoms with E-state index in [2.05, 4.69) is 11.1 Å². The number of pyridine rings is 1. The fraction of sp³-hybridized carbons (Fsp3) is 0.545. The first-order chi connectivity index (χ1) is 7.57. The lowest BCUT2D eigenvalue weighted by atomic mass is 9.96. The Morgan fingerprint density at radius 1 is 1.31 bits per heavy atom. The molecule has 0 bridgehead atoms. The maximum Gasteiger partial charge on any atom is 0.391 e. The van der Waals surface area contributed by atoms with Crippen LogP contribution in [-0.2, 0) is 0 Å². The first-order valence-electron chi connectivity index (χ1n) is 5.22. The van der Waals surface area contributed by atoms with Crippen LogP contribution in [0.5, 0.6) is 0 Å². The summed E-state index contributed by atoms with van der Waals surface area (Å²) < 4.78 is 37.3. The van der Waals surface area contributed by atoms with Crippen LogP contribution in [0.3, 0.4) is 0 Å². The highest BCUT2D eigenvalue weighted by Gasteiger charge is 2.41. The predicted octanol–water partition coefficient (Wildman–Crippen LogP) is 2.66. The third-order valence-electron chi connectivity index (χ3n) is 2.85. The molecule has 87 valence electrons. The second-order valence-electron chi connectivity index (χ2n) is 3.91. The van der Waals surface area contributed by atoms with Crippen LogP contribution in [0, 0.1) is 12.0 Å². The van der Waals surface area contributed by atoms with Gasteiger partial charge in [0, 0.05) is 25.4 Å². The third-order valence-corrected chi connectivity index (χ3v) is 2.85. The first kappa shape index (κ1) is 11.2. The molecule has 1 radical (unpaired) electrons. The van der Waals surface area contributed by atoms with Crippen LogP contribution in [0.15, 0.2) is 18.3 Å². The van der Waals surface area contributed by atoms with Crippen molar-refractivity contribution in [2.24, 2.45) is 5.92 Å². The average molecular weight is 229 g/mol. The standard InChI is InChI=1S/C11H12F3N2/c12-11(13,14)9-4-7-16(8-5-9)10-3-1-2-6-15-10/h1-2,6,9H,4-5,7-8H2. The Labute approximate surface area is 92.1 Å². The molecular weight excluding hydrogens is 217 g/mol. The van der Waals surface area contributed by atoms with E-state index < -0.39 is 12.1 Å². The van der Waals surface area contributed by atoms with Gasteiger partial charge in [-0.25, -0.2) is 4.98 Å². The molecule has 0 aromatic carbocycles. The number of aromatic nitrogens is 1. The predicted molar refractivity (Wildman–Crippen MR) is 54.1 cm³/mol. The van der Waals surface area contributed by atoms with E-state index in [1.165, 1.54) is 0 Å². The van der Waals surface area contributed by atoms with Gasteiger partial charge >= 0.3 is 6.18 Å². The molecular formula is C11H12F3N2. The molecule has 1 aromatic rings. The molecule has 0 N–H and O–H groups in total. The smallest absolute Gasteiger partial charge is 0.356 e. The molecule has 2 nitrogen and oxygen atoms in total. The molecule has 2 rings (SSSR count). The Kier molecular flexibility index (Phi) is 3.03. The Hall–Kier alpha value is -1.26. The van der Waals surface area contributed by atoms with Crippen molar-refractivity contribution in [3.63, 3.8) is 0 Å². The Morgan fingerprint density at radius 3 is 2.50 bits per heavy atom. The Bertz CT molecular complexity index is 329. The zero-order valence-electron chi connectivity index (χ0n) is 8.67. The van der Waals surface area contributed by atoms with Gasteiger partial charge in [0.15, 0.2) is 0 Å². The molecule has 1 aliphatic rings. The lowest BCUT2D eigenvalue weighted by Crippen LogP contribution is -2.39. The summed E-state index contributed by atoms with van der Waals surface area (Å²) in [5.74, 6) is -0.518. The quantitative estimate of drug-likeness (QED) is 0.736. The average Bonchev–Trinajstić information content (AvgIpc) is 2.29. The zero-order chi connectivity index (χ0) is 11.6. The molecule has 0 unspecified atom stereocenters. The van der Waals surface area contributed by atoms with E-state index in [0.717, 1.165) is 0 Å². The van der Waals surface area contributed by atoms with Gasteiger partial charge in [0.25, 0.3) is 0 Å². The topological polar surface area (TPSA) is 16.1 Å². The van der Waals surface area contributed by atoms with Crippen molar-refractivity contribution < 1.29 is 13.2 Å². The molecule has 0 amide bonds. The largest absolute Gasteiger partial charge is 0.391 e. The molecule has 1 saturated heterocycles. The number of halogens is 3. The van der Waals surface area contributed by atoms with Gasteiger partial charge in [0.05, 0.1) is 5.92 Å². The van der Waals surface area contributed by atoms with E-state index in [4.69, 9.17) is 0 Å². The van der Waals surface area contributed by atoms with Gasteiger partial charge in [-0.05, 0) is 25.0 Å². The van der Waals surface area contributed by atoms with Crippen LogP contribution in [0.1, 0.15) is 12.8 Å². The number of nitrogens with zero attached hydrogens (tertiary/aromatic N) is 2. The van der Waals surface area contributed by atoms with E-state index in [0.29, 0.717) is 18.9 Å². The molecule has 1 fully saturated rings. The van der Waals surface area contributed by atoms with E-state index >= 15 is 0 Å². The highest BCUT2D eigenvalue weighted by molar-refractivity contribution is 5.36. The molecule has 16 heavy (non-hydrogen) atoms. The minimum absolute atomic E-state index is 0.147. The Morgan fingerprint density at radius 2 is 2.00 bits per heavy atom. The van der Waals surface area contributed by atoms with Gasteiger partial charge in [0.2, 0.25) is 0 Å². The number of alkyl halides is 3. The summed E-state index contributed by atoms with van der Waals surface area (Å²) in [7, 11) is 0. The van der Waals surface area contributed by atoms with E-state index in [9.17, 15) is 13.2 Å². The molecule has 1 aromatic heterocycles. The summed E-state index contributed by atoms with van der Waals surface area (Å²) in [6, 6.07) is 6.39. The van der Waals surface area contributed by atoms with Crippen molar-refractivity contribution in [2.45, 2.75) is 19.0 Å². The van der Waals surface area contributed by atoms with Crippen molar-refractivity contribution in [3.8, 4) is 0 Å². The lowest BCUT2D eigenvalue weighted by molar-refractivity contribution is -0.179. The monoisotopic (exact) mass is 229 g/mol. The Balaban J connectivity index is 1.96. The van der Waals surface area contributed by atoms with Crippen LogP contribution in [-0.4, -0.2) is 24.2 Å². The number of hydrogen-bond donors (Lipinski definition) is 0. The van der Waals surface area contributed by atoms with Gasteiger partial charge in [-0.15, -0.1) is 0 Å². The summed E-state index contributed by atoms with van der Waals surface area (Å²) in [6.07, 6.45) is -2.14. The summed E-state index contributed by atoms with van der Waals surface area (Å²) in [6.45, 7) is 0.801. The molecule has 0 atom stereocenters. The van der Waals surface area contributed by atoms with Crippen LogP contribution in [0.2, 0.25) is 0 Å². The van der Waals surface area contributed by atoms with Gasteiger partial charge in [-0.3, -0.25) is 0 Å². The van der Waals surface area contributed by atoms with Gasteiger partial charge in [0.1, 0.15) is 5.82 Å². The zero-order valence-corrected chi connectivity index (χ0v) is 8.67. The van der Waals surface area contributed by atoms with Gasteiger partial charge in [-0.1, -0.05) is 0 Å². The molecule has 5 heteroatoms. The molecule has 2 heterocycles. The van der Waals surface area contributed by atoms with Gasteiger partial charge in [-0.2, -0.15) is 13.2 Å². The molecule has 0 spiro atoms. The van der Waals surface area contributed by atoms with Crippen molar-refractivity contribution in [2.75, 3.05) is 18.0 Å². The highest BCUT2D eigenvalue weighted by Crippen LogP contribution is 2.34. The minimum Gasteiger partial charge on any atom is -0.356 e. The fourth-order valence-corrected chi connectivity index (χ4v) is 1.91. The van der Waals surface area contributed by atoms with E-state index in [1.807, 2.05) is 4.90 Å². The third kappa shape index (κ3) is 2.46. The minimum atomic E-state index is -4.06. The number of piperidine rings is 1. The molecule has 0 saturated carbocycles. The maximum absolute atomic E-state index is 12.4. The summed E-state index contributed by atoms with van der Waals surface area (Å²) in [5.41, 5.74) is 0. The first-order valence-corrected chi connectivity index (χ1v) is 5.22. The normalized spacial score (nSPS) is 18.8. The van der Waals surface area contributed by atoms with Crippen LogP contribution in [0.25, 0.3) is 0 Å². The maximum atomic E-state index is 12.4. The number of hydrogen-bond acceptors (Lipinski definition) is 2.